The molecule has 0 aromatic heterocycles. The summed E-state index contributed by atoms with van der Waals surface area (Å²) in [5.41, 5.74) is 0.391. The molecule has 1 aliphatic heterocycles. The smallest absolute Gasteiger partial charge is 0.309 e. The number of carbonyl (C=O) groups is 1. The first-order chi connectivity index (χ1) is 9.99. The Hall–Kier alpha value is -1.75. The van der Waals surface area contributed by atoms with Gasteiger partial charge in [-0.1, -0.05) is 12.5 Å². The molecule has 1 aliphatic rings. The molecule has 0 aliphatic carbocycles. The van der Waals surface area contributed by atoms with E-state index >= 15 is 0 Å². The van der Waals surface area contributed by atoms with Crippen LogP contribution in [0.2, 0.25) is 0 Å². The van der Waals surface area contributed by atoms with Crippen LogP contribution >= 0.6 is 0 Å². The molecule has 1 aromatic rings. The molecule has 5 nitrogen and oxygen atoms in total. The molecule has 21 heavy (non-hydrogen) atoms. The molecule has 0 fully saturated rings. The quantitative estimate of drug-likeness (QED) is 0.746. The molecule has 0 radical (unpaired) electrons. The molecule has 0 unspecified atom stereocenters. The molecule has 116 valence electrons. The fraction of sp³-hybridized carbons (Fsp3) is 0.562. The highest BCUT2D eigenvalue weighted by atomic mass is 16.7. The maximum Gasteiger partial charge on any atom is 0.309 e. The number of carboxylic acid groups (broad SMARTS) is 1. The van der Waals surface area contributed by atoms with Crippen molar-refractivity contribution < 1.29 is 24.1 Å². The minimum Gasteiger partial charge on any atom is -0.481 e. The summed E-state index contributed by atoms with van der Waals surface area (Å²) < 4.78 is 16.2. The van der Waals surface area contributed by atoms with Crippen LogP contribution in [0.5, 0.6) is 11.5 Å². The van der Waals surface area contributed by atoms with E-state index in [9.17, 15) is 4.79 Å². The number of fused-ring (bicyclic) bond motifs is 1. The normalized spacial score (nSPS) is 13.4. The van der Waals surface area contributed by atoms with Crippen molar-refractivity contribution in [2.45, 2.75) is 39.7 Å². The third-order valence-corrected chi connectivity index (χ3v) is 3.63. The van der Waals surface area contributed by atoms with E-state index in [1.807, 2.05) is 18.2 Å². The lowest BCUT2D eigenvalue weighted by Crippen LogP contribution is -2.23. The Labute approximate surface area is 124 Å². The average molecular weight is 294 g/mol. The van der Waals surface area contributed by atoms with Gasteiger partial charge in [0, 0.05) is 6.61 Å². The van der Waals surface area contributed by atoms with Gasteiger partial charge in [0.05, 0.1) is 12.0 Å². The van der Waals surface area contributed by atoms with Crippen molar-refractivity contribution in [3.05, 3.63) is 23.8 Å². The molecule has 1 heterocycles. The van der Waals surface area contributed by atoms with Crippen LogP contribution in [0, 0.1) is 5.41 Å². The third kappa shape index (κ3) is 4.36. The molecular weight excluding hydrogens is 272 g/mol. The minimum absolute atomic E-state index is 0.277. The Morgan fingerprint density at radius 3 is 2.81 bits per heavy atom. The van der Waals surface area contributed by atoms with Gasteiger partial charge in [-0.15, -0.1) is 0 Å². The Balaban J connectivity index is 1.63. The average Bonchev–Trinajstić information content (AvgIpc) is 2.89. The number of unbranched alkanes of at least 4 members (excludes halogenated alkanes) is 1. The number of benzene rings is 1. The topological polar surface area (TPSA) is 65.0 Å². The number of hydrogen-bond donors (Lipinski definition) is 1. The zero-order valence-corrected chi connectivity index (χ0v) is 12.6. The van der Waals surface area contributed by atoms with Gasteiger partial charge in [0.25, 0.3) is 0 Å². The van der Waals surface area contributed by atoms with Crippen molar-refractivity contribution in [3.8, 4) is 11.5 Å². The summed E-state index contributed by atoms with van der Waals surface area (Å²) in [5, 5.41) is 9.02. The van der Waals surface area contributed by atoms with E-state index in [0.717, 1.165) is 29.9 Å². The van der Waals surface area contributed by atoms with E-state index in [4.69, 9.17) is 19.3 Å². The molecule has 0 spiro atoms. The fourth-order valence-corrected chi connectivity index (χ4v) is 2.10. The summed E-state index contributed by atoms with van der Waals surface area (Å²) in [6.45, 7) is 4.94. The van der Waals surface area contributed by atoms with Crippen molar-refractivity contribution in [2.75, 3.05) is 13.4 Å². The highest BCUT2D eigenvalue weighted by Crippen LogP contribution is 2.32. The predicted octanol–water partition coefficient (Wildman–Crippen LogP) is 3.21. The molecule has 0 saturated carbocycles. The standard InChI is InChI=1S/C16H22O5/c1-16(2,15(17)18)7-3-4-8-19-10-12-5-6-13-14(9-12)21-11-20-13/h5-6,9H,3-4,7-8,10-11H2,1-2H3,(H,17,18). The first-order valence-corrected chi connectivity index (χ1v) is 7.19. The molecule has 0 amide bonds. The maximum absolute atomic E-state index is 11.0. The molecule has 2 rings (SSSR count). The largest absolute Gasteiger partial charge is 0.481 e. The van der Waals surface area contributed by atoms with Crippen LogP contribution in [-0.4, -0.2) is 24.5 Å². The van der Waals surface area contributed by atoms with Crippen molar-refractivity contribution in [1.82, 2.24) is 0 Å². The number of carboxylic acids is 1. The summed E-state index contributed by atoms with van der Waals surface area (Å²) in [6, 6.07) is 5.77. The second-order valence-electron chi connectivity index (χ2n) is 5.89. The Morgan fingerprint density at radius 1 is 1.29 bits per heavy atom. The highest BCUT2D eigenvalue weighted by Gasteiger charge is 2.25. The van der Waals surface area contributed by atoms with E-state index in [2.05, 4.69) is 0 Å². The summed E-state index contributed by atoms with van der Waals surface area (Å²) in [6.07, 6.45) is 2.37. The van der Waals surface area contributed by atoms with E-state index in [1.165, 1.54) is 0 Å². The molecule has 0 bridgehead atoms. The lowest BCUT2D eigenvalue weighted by Gasteiger charge is -2.18. The lowest BCUT2D eigenvalue weighted by atomic mass is 9.87. The monoisotopic (exact) mass is 294 g/mol. The molecule has 1 N–H and O–H groups in total. The third-order valence-electron chi connectivity index (χ3n) is 3.63. The van der Waals surface area contributed by atoms with Gasteiger partial charge in [-0.2, -0.15) is 0 Å². The van der Waals surface area contributed by atoms with Gasteiger partial charge in [-0.05, 0) is 44.4 Å². The molecule has 0 saturated heterocycles. The first kappa shape index (κ1) is 15.6. The zero-order chi connectivity index (χ0) is 15.3. The van der Waals surface area contributed by atoms with E-state index in [1.54, 1.807) is 13.8 Å². The van der Waals surface area contributed by atoms with Crippen molar-refractivity contribution in [1.29, 1.82) is 0 Å². The van der Waals surface area contributed by atoms with Gasteiger partial charge < -0.3 is 19.3 Å². The number of aliphatic carboxylic acids is 1. The van der Waals surface area contributed by atoms with Gasteiger partial charge >= 0.3 is 5.97 Å². The molecule has 0 atom stereocenters. The maximum atomic E-state index is 11.0. The Kier molecular flexibility index (Phi) is 5.07. The number of hydrogen-bond acceptors (Lipinski definition) is 4. The van der Waals surface area contributed by atoms with E-state index < -0.39 is 11.4 Å². The summed E-state index contributed by atoms with van der Waals surface area (Å²) in [5.74, 6) is 0.790. The van der Waals surface area contributed by atoms with Crippen LogP contribution in [0.4, 0.5) is 0 Å². The van der Waals surface area contributed by atoms with Crippen LogP contribution in [0.15, 0.2) is 18.2 Å². The van der Waals surface area contributed by atoms with Crippen molar-refractivity contribution in [2.24, 2.45) is 5.41 Å². The van der Waals surface area contributed by atoms with Crippen molar-refractivity contribution >= 4 is 5.97 Å². The van der Waals surface area contributed by atoms with Crippen molar-refractivity contribution in [3.63, 3.8) is 0 Å². The molecule has 1 aromatic carbocycles. The fourth-order valence-electron chi connectivity index (χ4n) is 2.10. The molecular formula is C16H22O5. The molecule has 5 heteroatoms. The first-order valence-electron chi connectivity index (χ1n) is 7.19. The van der Waals surface area contributed by atoms with Crippen LogP contribution < -0.4 is 9.47 Å². The van der Waals surface area contributed by atoms with Crippen LogP contribution in [0.3, 0.4) is 0 Å². The van der Waals surface area contributed by atoms with Gasteiger partial charge in [0.2, 0.25) is 6.79 Å². The Bertz CT molecular complexity index is 495. The SMILES string of the molecule is CC(C)(CCCCOCc1ccc2c(c1)OCO2)C(=O)O. The second kappa shape index (κ2) is 6.80. The summed E-state index contributed by atoms with van der Waals surface area (Å²) in [4.78, 5) is 11.0. The minimum atomic E-state index is -0.747. The van der Waals surface area contributed by atoms with Gasteiger partial charge in [0.15, 0.2) is 11.5 Å². The number of ether oxygens (including phenoxy) is 3. The predicted molar refractivity (Wildman–Crippen MR) is 77.5 cm³/mol. The highest BCUT2D eigenvalue weighted by molar-refractivity contribution is 5.73. The Morgan fingerprint density at radius 2 is 2.05 bits per heavy atom. The summed E-state index contributed by atoms with van der Waals surface area (Å²) >= 11 is 0. The van der Waals surface area contributed by atoms with Gasteiger partial charge in [-0.25, -0.2) is 0 Å². The van der Waals surface area contributed by atoms with Gasteiger partial charge in [-0.3, -0.25) is 4.79 Å². The van der Waals surface area contributed by atoms with Crippen LogP contribution in [-0.2, 0) is 16.1 Å². The van der Waals surface area contributed by atoms with E-state index in [-0.39, 0.29) is 6.79 Å². The lowest BCUT2D eigenvalue weighted by molar-refractivity contribution is -0.147. The van der Waals surface area contributed by atoms with E-state index in [0.29, 0.717) is 19.6 Å². The van der Waals surface area contributed by atoms with Gasteiger partial charge in [0.1, 0.15) is 0 Å². The number of rotatable bonds is 8. The van der Waals surface area contributed by atoms with Crippen LogP contribution in [0.25, 0.3) is 0 Å². The zero-order valence-electron chi connectivity index (χ0n) is 12.6. The van der Waals surface area contributed by atoms with Crippen LogP contribution in [0.1, 0.15) is 38.7 Å². The second-order valence-corrected chi connectivity index (χ2v) is 5.89. The summed E-state index contributed by atoms with van der Waals surface area (Å²) in [7, 11) is 0.